The molecule has 0 atom stereocenters. The number of nitrogens with one attached hydrogen (secondary N) is 1. The lowest BCUT2D eigenvalue weighted by Crippen LogP contribution is -2.41. The Morgan fingerprint density at radius 2 is 1.63 bits per heavy atom. The molecular formula is C16H16N2O. The van der Waals surface area contributed by atoms with Crippen molar-refractivity contribution in [3.8, 4) is 0 Å². The SMILES string of the molecule is C=CC(=O)NN(Cc1ccccc1)c1ccccc1. The lowest BCUT2D eigenvalue weighted by molar-refractivity contribution is -0.116. The molecule has 0 radical (unpaired) electrons. The Hall–Kier alpha value is -2.55. The molecule has 1 amide bonds. The molecule has 0 unspecified atom stereocenters. The Morgan fingerprint density at radius 3 is 2.21 bits per heavy atom. The minimum absolute atomic E-state index is 0.222. The molecule has 2 rings (SSSR count). The van der Waals surface area contributed by atoms with Gasteiger partial charge in [-0.05, 0) is 23.8 Å². The molecule has 0 aliphatic heterocycles. The van der Waals surface area contributed by atoms with Crippen molar-refractivity contribution in [2.75, 3.05) is 5.01 Å². The Balaban J connectivity index is 2.19. The van der Waals surface area contributed by atoms with E-state index in [-0.39, 0.29) is 5.91 Å². The van der Waals surface area contributed by atoms with Gasteiger partial charge in [0.2, 0.25) is 0 Å². The minimum atomic E-state index is -0.222. The molecule has 0 bridgehead atoms. The van der Waals surface area contributed by atoms with E-state index in [4.69, 9.17) is 0 Å². The maximum Gasteiger partial charge on any atom is 0.261 e. The van der Waals surface area contributed by atoms with Crippen molar-refractivity contribution in [3.05, 3.63) is 78.9 Å². The fourth-order valence-corrected chi connectivity index (χ4v) is 1.75. The normalized spacial score (nSPS) is 9.68. The molecule has 19 heavy (non-hydrogen) atoms. The molecule has 0 fully saturated rings. The molecule has 0 heterocycles. The lowest BCUT2D eigenvalue weighted by Gasteiger charge is -2.24. The van der Waals surface area contributed by atoms with Crippen LogP contribution in [0.2, 0.25) is 0 Å². The summed E-state index contributed by atoms with van der Waals surface area (Å²) in [6.07, 6.45) is 1.26. The number of rotatable bonds is 5. The number of amides is 1. The van der Waals surface area contributed by atoms with Gasteiger partial charge >= 0.3 is 0 Å². The first-order chi connectivity index (χ1) is 9.29. The fourth-order valence-electron chi connectivity index (χ4n) is 1.75. The van der Waals surface area contributed by atoms with Crippen molar-refractivity contribution in [2.24, 2.45) is 0 Å². The van der Waals surface area contributed by atoms with E-state index < -0.39 is 0 Å². The van der Waals surface area contributed by atoms with Gasteiger partial charge in [-0.25, -0.2) is 0 Å². The summed E-state index contributed by atoms with van der Waals surface area (Å²) in [7, 11) is 0. The standard InChI is InChI=1S/C16H16N2O/c1-2-16(19)17-18(15-11-7-4-8-12-15)13-14-9-5-3-6-10-14/h2-12H,1,13H2,(H,17,19). The second-order valence-corrected chi connectivity index (χ2v) is 4.09. The summed E-state index contributed by atoms with van der Waals surface area (Å²) in [5.41, 5.74) is 4.86. The van der Waals surface area contributed by atoms with E-state index in [1.54, 1.807) is 5.01 Å². The Morgan fingerprint density at radius 1 is 1.05 bits per heavy atom. The van der Waals surface area contributed by atoms with Crippen molar-refractivity contribution in [1.82, 2.24) is 5.43 Å². The monoisotopic (exact) mass is 252 g/mol. The molecule has 3 nitrogen and oxygen atoms in total. The van der Waals surface area contributed by atoms with E-state index in [1.165, 1.54) is 6.08 Å². The second-order valence-electron chi connectivity index (χ2n) is 4.09. The maximum absolute atomic E-state index is 11.5. The van der Waals surface area contributed by atoms with Gasteiger partial charge in [-0.15, -0.1) is 0 Å². The van der Waals surface area contributed by atoms with Gasteiger partial charge in [-0.3, -0.25) is 15.2 Å². The van der Waals surface area contributed by atoms with Gasteiger partial charge in [-0.2, -0.15) is 0 Å². The number of hydrogen-bond donors (Lipinski definition) is 1. The van der Waals surface area contributed by atoms with Gasteiger partial charge in [0, 0.05) is 0 Å². The zero-order valence-corrected chi connectivity index (χ0v) is 10.6. The number of para-hydroxylation sites is 1. The first-order valence-corrected chi connectivity index (χ1v) is 6.09. The van der Waals surface area contributed by atoms with Crippen LogP contribution in [0.1, 0.15) is 5.56 Å². The topological polar surface area (TPSA) is 32.3 Å². The smallest absolute Gasteiger partial charge is 0.261 e. The van der Waals surface area contributed by atoms with E-state index >= 15 is 0 Å². The molecule has 96 valence electrons. The van der Waals surface area contributed by atoms with Crippen LogP contribution >= 0.6 is 0 Å². The number of carbonyl (C=O) groups excluding carboxylic acids is 1. The number of benzene rings is 2. The largest absolute Gasteiger partial charge is 0.281 e. The summed E-state index contributed by atoms with van der Waals surface area (Å²) in [4.78, 5) is 11.5. The molecule has 0 aromatic heterocycles. The van der Waals surface area contributed by atoms with Crippen LogP contribution in [0.3, 0.4) is 0 Å². The Labute approximate surface area is 113 Å². The molecule has 2 aromatic rings. The molecule has 3 heteroatoms. The van der Waals surface area contributed by atoms with Crippen LogP contribution in [0.25, 0.3) is 0 Å². The quantitative estimate of drug-likeness (QED) is 0.655. The zero-order chi connectivity index (χ0) is 13.5. The fraction of sp³-hybridized carbons (Fsp3) is 0.0625. The number of hydrogen-bond acceptors (Lipinski definition) is 2. The van der Waals surface area contributed by atoms with E-state index in [0.29, 0.717) is 6.54 Å². The molecule has 0 aliphatic rings. The van der Waals surface area contributed by atoms with Gasteiger partial charge in [0.15, 0.2) is 0 Å². The van der Waals surface area contributed by atoms with Crippen molar-refractivity contribution >= 4 is 11.6 Å². The summed E-state index contributed by atoms with van der Waals surface area (Å²) >= 11 is 0. The number of nitrogens with zero attached hydrogens (tertiary/aromatic N) is 1. The Kier molecular flexibility index (Phi) is 4.34. The van der Waals surface area contributed by atoms with E-state index in [1.807, 2.05) is 60.7 Å². The summed E-state index contributed by atoms with van der Waals surface area (Å²) in [6.45, 7) is 4.08. The molecular weight excluding hydrogens is 236 g/mol. The third-order valence-corrected chi connectivity index (χ3v) is 2.68. The van der Waals surface area contributed by atoms with E-state index in [9.17, 15) is 4.79 Å². The van der Waals surface area contributed by atoms with Gasteiger partial charge in [0.1, 0.15) is 0 Å². The van der Waals surface area contributed by atoms with Crippen molar-refractivity contribution in [3.63, 3.8) is 0 Å². The second kappa shape index (κ2) is 6.40. The number of hydrazine groups is 1. The summed E-state index contributed by atoms with van der Waals surface area (Å²) in [5.74, 6) is -0.222. The predicted octanol–water partition coefficient (Wildman–Crippen LogP) is 2.91. The van der Waals surface area contributed by atoms with Crippen LogP contribution in [-0.4, -0.2) is 5.91 Å². The highest BCUT2D eigenvalue weighted by molar-refractivity contribution is 5.88. The molecule has 0 saturated heterocycles. The molecule has 1 N–H and O–H groups in total. The molecule has 0 spiro atoms. The third-order valence-electron chi connectivity index (χ3n) is 2.68. The van der Waals surface area contributed by atoms with E-state index in [2.05, 4.69) is 12.0 Å². The number of anilines is 1. The molecule has 0 saturated carbocycles. The predicted molar refractivity (Wildman–Crippen MR) is 77.4 cm³/mol. The summed E-state index contributed by atoms with van der Waals surface area (Å²) in [5, 5.41) is 1.80. The summed E-state index contributed by atoms with van der Waals surface area (Å²) < 4.78 is 0. The van der Waals surface area contributed by atoms with Crippen LogP contribution < -0.4 is 10.4 Å². The molecule has 0 aliphatic carbocycles. The van der Waals surface area contributed by atoms with E-state index in [0.717, 1.165) is 11.3 Å². The average molecular weight is 252 g/mol. The van der Waals surface area contributed by atoms with Crippen LogP contribution in [0.15, 0.2) is 73.3 Å². The van der Waals surface area contributed by atoms with Gasteiger partial charge in [-0.1, -0.05) is 55.1 Å². The highest BCUT2D eigenvalue weighted by atomic mass is 16.2. The molecule has 2 aromatic carbocycles. The zero-order valence-electron chi connectivity index (χ0n) is 10.6. The van der Waals surface area contributed by atoms with Crippen LogP contribution in [0.4, 0.5) is 5.69 Å². The van der Waals surface area contributed by atoms with Gasteiger partial charge < -0.3 is 0 Å². The van der Waals surface area contributed by atoms with Crippen LogP contribution in [-0.2, 0) is 11.3 Å². The third kappa shape index (κ3) is 3.71. The van der Waals surface area contributed by atoms with Gasteiger partial charge in [0.05, 0.1) is 12.2 Å². The highest BCUT2D eigenvalue weighted by Gasteiger charge is 2.08. The van der Waals surface area contributed by atoms with Crippen LogP contribution in [0.5, 0.6) is 0 Å². The minimum Gasteiger partial charge on any atom is -0.281 e. The first-order valence-electron chi connectivity index (χ1n) is 6.09. The van der Waals surface area contributed by atoms with Crippen LogP contribution in [0, 0.1) is 0 Å². The maximum atomic E-state index is 11.5. The van der Waals surface area contributed by atoms with Crippen molar-refractivity contribution in [2.45, 2.75) is 6.54 Å². The summed E-state index contributed by atoms with van der Waals surface area (Å²) in [6, 6.07) is 19.7. The first kappa shape index (κ1) is 12.9. The lowest BCUT2D eigenvalue weighted by atomic mass is 10.2. The Bertz CT molecular complexity index is 537. The van der Waals surface area contributed by atoms with Crippen molar-refractivity contribution in [1.29, 1.82) is 0 Å². The van der Waals surface area contributed by atoms with Crippen molar-refractivity contribution < 1.29 is 4.79 Å². The average Bonchev–Trinajstić information content (AvgIpc) is 2.48. The number of carbonyl (C=O) groups is 1. The highest BCUT2D eigenvalue weighted by Crippen LogP contribution is 2.14. The van der Waals surface area contributed by atoms with Gasteiger partial charge in [0.25, 0.3) is 5.91 Å².